The number of benzene rings is 1. The summed E-state index contributed by atoms with van der Waals surface area (Å²) in [6.45, 7) is 5.49. The maximum absolute atomic E-state index is 6.06. The van der Waals surface area contributed by atoms with Gasteiger partial charge in [-0.05, 0) is 35.9 Å². The summed E-state index contributed by atoms with van der Waals surface area (Å²) in [5.74, 6) is 0.861. The second-order valence-electron chi connectivity index (χ2n) is 4.93. The van der Waals surface area contributed by atoms with Crippen molar-refractivity contribution < 1.29 is 4.74 Å². The predicted octanol–water partition coefficient (Wildman–Crippen LogP) is 3.81. The highest BCUT2D eigenvalue weighted by Gasteiger charge is 2.06. The molecule has 0 bridgehead atoms. The highest BCUT2D eigenvalue weighted by molar-refractivity contribution is 6.30. The fraction of sp³-hybridized carbons (Fsp3) is 0.312. The number of aromatic nitrogens is 1. The second kappa shape index (κ2) is 7.27. The zero-order chi connectivity index (χ0) is 14.4. The van der Waals surface area contributed by atoms with Crippen molar-refractivity contribution in [1.29, 1.82) is 0 Å². The summed E-state index contributed by atoms with van der Waals surface area (Å²) in [5, 5.41) is 4.10. The topological polar surface area (TPSA) is 34.1 Å². The number of ether oxygens (including phenoxy) is 1. The van der Waals surface area contributed by atoms with Gasteiger partial charge < -0.3 is 10.1 Å². The molecule has 0 saturated carbocycles. The van der Waals surface area contributed by atoms with Crippen molar-refractivity contribution in [3.05, 3.63) is 58.9 Å². The van der Waals surface area contributed by atoms with Crippen molar-refractivity contribution >= 4 is 11.6 Å². The van der Waals surface area contributed by atoms with Crippen LogP contribution in [0.4, 0.5) is 0 Å². The average molecular weight is 291 g/mol. The van der Waals surface area contributed by atoms with Crippen molar-refractivity contribution in [3.63, 3.8) is 0 Å². The van der Waals surface area contributed by atoms with E-state index in [-0.39, 0.29) is 0 Å². The maximum atomic E-state index is 6.06. The van der Waals surface area contributed by atoms with Crippen molar-refractivity contribution in [1.82, 2.24) is 10.3 Å². The van der Waals surface area contributed by atoms with E-state index >= 15 is 0 Å². The SMILES string of the molecule is CC(C)NCc1cc(Cl)ccc1OCc1ccncc1. The molecule has 2 aromatic rings. The molecule has 4 heteroatoms. The Morgan fingerprint density at radius 3 is 2.65 bits per heavy atom. The lowest BCUT2D eigenvalue weighted by Crippen LogP contribution is -2.22. The van der Waals surface area contributed by atoms with Crippen molar-refractivity contribution in [2.24, 2.45) is 0 Å². The van der Waals surface area contributed by atoms with E-state index in [1.165, 1.54) is 0 Å². The molecule has 2 rings (SSSR count). The third-order valence-corrected chi connectivity index (χ3v) is 3.10. The molecule has 0 saturated heterocycles. The van der Waals surface area contributed by atoms with Gasteiger partial charge in [-0.15, -0.1) is 0 Å². The molecule has 0 amide bonds. The quantitative estimate of drug-likeness (QED) is 0.878. The van der Waals surface area contributed by atoms with Crippen LogP contribution in [0.3, 0.4) is 0 Å². The van der Waals surface area contributed by atoms with Gasteiger partial charge >= 0.3 is 0 Å². The normalized spacial score (nSPS) is 10.8. The molecule has 3 nitrogen and oxygen atoms in total. The molecular formula is C16H19ClN2O. The summed E-state index contributed by atoms with van der Waals surface area (Å²) < 4.78 is 5.88. The molecule has 1 aromatic heterocycles. The third kappa shape index (κ3) is 4.51. The zero-order valence-corrected chi connectivity index (χ0v) is 12.5. The minimum atomic E-state index is 0.419. The number of hydrogen-bond donors (Lipinski definition) is 1. The molecule has 1 N–H and O–H groups in total. The Labute approximate surface area is 124 Å². The smallest absolute Gasteiger partial charge is 0.124 e. The molecule has 0 aliphatic carbocycles. The van der Waals surface area contributed by atoms with Crippen LogP contribution >= 0.6 is 11.6 Å². The minimum absolute atomic E-state index is 0.419. The van der Waals surface area contributed by atoms with E-state index in [1.54, 1.807) is 12.4 Å². The summed E-state index contributed by atoms with van der Waals surface area (Å²) in [7, 11) is 0. The molecule has 0 radical (unpaired) electrons. The number of rotatable bonds is 6. The first kappa shape index (κ1) is 14.8. The standard InChI is InChI=1S/C16H19ClN2O/c1-12(2)19-10-14-9-15(17)3-4-16(14)20-11-13-5-7-18-8-6-13/h3-9,12,19H,10-11H2,1-2H3. The van der Waals surface area contributed by atoms with Gasteiger partial charge in [0.05, 0.1) is 0 Å². The van der Waals surface area contributed by atoms with E-state index < -0.39 is 0 Å². The maximum Gasteiger partial charge on any atom is 0.124 e. The molecule has 0 spiro atoms. The largest absolute Gasteiger partial charge is 0.489 e. The van der Waals surface area contributed by atoms with Crippen molar-refractivity contribution in [2.75, 3.05) is 0 Å². The van der Waals surface area contributed by atoms with E-state index in [0.717, 1.165) is 28.4 Å². The second-order valence-corrected chi connectivity index (χ2v) is 5.37. The Balaban J connectivity index is 2.06. The molecule has 0 unspecified atom stereocenters. The Kier molecular flexibility index (Phi) is 5.39. The summed E-state index contributed by atoms with van der Waals surface area (Å²) in [6.07, 6.45) is 3.53. The van der Waals surface area contributed by atoms with Gasteiger partial charge in [-0.2, -0.15) is 0 Å². The minimum Gasteiger partial charge on any atom is -0.489 e. The van der Waals surface area contributed by atoms with Gasteiger partial charge in [0.1, 0.15) is 12.4 Å². The van der Waals surface area contributed by atoms with Gasteiger partial charge in [0, 0.05) is 35.6 Å². The Morgan fingerprint density at radius 1 is 1.20 bits per heavy atom. The first-order valence-corrected chi connectivity index (χ1v) is 7.06. The number of nitrogens with zero attached hydrogens (tertiary/aromatic N) is 1. The number of nitrogens with one attached hydrogen (secondary N) is 1. The van der Waals surface area contributed by atoms with Gasteiger partial charge in [-0.3, -0.25) is 4.98 Å². The summed E-state index contributed by atoms with van der Waals surface area (Å²) in [5.41, 5.74) is 2.16. The Bertz CT molecular complexity index is 543. The van der Waals surface area contributed by atoms with E-state index in [2.05, 4.69) is 24.1 Å². The summed E-state index contributed by atoms with van der Waals surface area (Å²) in [4.78, 5) is 4.00. The molecule has 1 heterocycles. The fourth-order valence-corrected chi connectivity index (χ4v) is 1.98. The lowest BCUT2D eigenvalue weighted by Gasteiger charge is -2.14. The molecule has 0 aliphatic rings. The van der Waals surface area contributed by atoms with Crippen molar-refractivity contribution in [2.45, 2.75) is 33.0 Å². The number of hydrogen-bond acceptors (Lipinski definition) is 3. The van der Waals surface area contributed by atoms with E-state index in [0.29, 0.717) is 12.6 Å². The Morgan fingerprint density at radius 2 is 1.95 bits per heavy atom. The number of pyridine rings is 1. The monoisotopic (exact) mass is 290 g/mol. The van der Waals surface area contributed by atoms with E-state index in [1.807, 2.05) is 30.3 Å². The van der Waals surface area contributed by atoms with Crippen LogP contribution < -0.4 is 10.1 Å². The van der Waals surface area contributed by atoms with Gasteiger partial charge in [0.25, 0.3) is 0 Å². The van der Waals surface area contributed by atoms with Crippen LogP contribution in [-0.2, 0) is 13.2 Å². The molecule has 0 aliphatic heterocycles. The first-order valence-electron chi connectivity index (χ1n) is 6.68. The molecule has 0 atom stereocenters. The van der Waals surface area contributed by atoms with Crippen LogP contribution in [0.1, 0.15) is 25.0 Å². The summed E-state index contributed by atoms with van der Waals surface area (Å²) >= 11 is 6.06. The van der Waals surface area contributed by atoms with Gasteiger partial charge in [-0.25, -0.2) is 0 Å². The lowest BCUT2D eigenvalue weighted by atomic mass is 10.2. The lowest BCUT2D eigenvalue weighted by molar-refractivity contribution is 0.301. The molecular weight excluding hydrogens is 272 g/mol. The van der Waals surface area contributed by atoms with Gasteiger partial charge in [0.15, 0.2) is 0 Å². The van der Waals surface area contributed by atoms with E-state index in [4.69, 9.17) is 16.3 Å². The predicted molar refractivity (Wildman–Crippen MR) is 82.0 cm³/mol. The average Bonchev–Trinajstić information content (AvgIpc) is 2.45. The summed E-state index contributed by atoms with van der Waals surface area (Å²) in [6, 6.07) is 10.0. The molecule has 1 aromatic carbocycles. The van der Waals surface area contributed by atoms with Crippen LogP contribution in [0.25, 0.3) is 0 Å². The highest BCUT2D eigenvalue weighted by Crippen LogP contribution is 2.24. The molecule has 106 valence electrons. The zero-order valence-electron chi connectivity index (χ0n) is 11.8. The molecule has 0 fully saturated rings. The van der Waals surface area contributed by atoms with Crippen LogP contribution in [0.2, 0.25) is 5.02 Å². The van der Waals surface area contributed by atoms with E-state index in [9.17, 15) is 0 Å². The van der Waals surface area contributed by atoms with Crippen molar-refractivity contribution in [3.8, 4) is 5.75 Å². The van der Waals surface area contributed by atoms with Crippen LogP contribution in [0, 0.1) is 0 Å². The van der Waals surface area contributed by atoms with Gasteiger partial charge in [0.2, 0.25) is 0 Å². The van der Waals surface area contributed by atoms with Crippen LogP contribution in [0.5, 0.6) is 5.75 Å². The third-order valence-electron chi connectivity index (χ3n) is 2.87. The van der Waals surface area contributed by atoms with Gasteiger partial charge in [-0.1, -0.05) is 25.4 Å². The highest BCUT2D eigenvalue weighted by atomic mass is 35.5. The first-order chi connectivity index (χ1) is 9.65. The van der Waals surface area contributed by atoms with Crippen LogP contribution in [-0.4, -0.2) is 11.0 Å². The fourth-order valence-electron chi connectivity index (χ4n) is 1.78. The molecule has 20 heavy (non-hydrogen) atoms. The number of halogens is 1. The van der Waals surface area contributed by atoms with Crippen LogP contribution in [0.15, 0.2) is 42.7 Å². The Hall–Kier alpha value is -1.58.